The number of nitrogens with one attached hydrogen (secondary N) is 1. The third kappa shape index (κ3) is 4.25. The molecule has 150 valence electrons. The fraction of sp³-hybridized carbons (Fsp3) is 0.381. The molecule has 2 aromatic rings. The summed E-state index contributed by atoms with van der Waals surface area (Å²) in [6, 6.07) is 8.73. The van der Waals surface area contributed by atoms with Crippen LogP contribution in [0.5, 0.6) is 0 Å². The van der Waals surface area contributed by atoms with Crippen molar-refractivity contribution < 1.29 is 17.6 Å². The van der Waals surface area contributed by atoms with E-state index in [4.69, 9.17) is 5.14 Å². The van der Waals surface area contributed by atoms with Gasteiger partial charge in [-0.25, -0.2) is 17.9 Å². The quantitative estimate of drug-likeness (QED) is 0.795. The molecule has 1 amide bonds. The number of nitrogens with two attached hydrogens (primary N) is 1. The smallest absolute Gasteiger partial charge is 0.252 e. The van der Waals surface area contributed by atoms with Crippen LogP contribution in [0.4, 0.5) is 4.39 Å². The molecule has 1 atom stereocenters. The third-order valence-corrected chi connectivity index (χ3v) is 6.50. The Morgan fingerprint density at radius 2 is 1.82 bits per heavy atom. The average molecular weight is 405 g/mol. The number of benzene rings is 2. The molecular formula is C21H25FN2O3S. The van der Waals surface area contributed by atoms with Gasteiger partial charge in [0.05, 0.1) is 10.9 Å². The highest BCUT2D eigenvalue weighted by Gasteiger charge is 2.30. The number of rotatable bonds is 5. The molecule has 1 aliphatic carbocycles. The van der Waals surface area contributed by atoms with Gasteiger partial charge in [-0.05, 0) is 61.9 Å². The fourth-order valence-electron chi connectivity index (χ4n) is 3.91. The van der Waals surface area contributed by atoms with Crippen LogP contribution in [0.1, 0.15) is 58.8 Å². The number of hydrogen-bond acceptors (Lipinski definition) is 3. The summed E-state index contributed by atoms with van der Waals surface area (Å²) in [6.07, 6.45) is 3.91. The van der Waals surface area contributed by atoms with Gasteiger partial charge in [0.1, 0.15) is 5.82 Å². The number of hydrogen-bond donors (Lipinski definition) is 2. The van der Waals surface area contributed by atoms with Crippen LogP contribution in [0.2, 0.25) is 0 Å². The van der Waals surface area contributed by atoms with Gasteiger partial charge in [-0.2, -0.15) is 0 Å². The van der Waals surface area contributed by atoms with E-state index in [1.54, 1.807) is 32.0 Å². The zero-order valence-corrected chi connectivity index (χ0v) is 16.9. The number of primary sulfonamides is 1. The van der Waals surface area contributed by atoms with Gasteiger partial charge in [-0.1, -0.05) is 31.0 Å². The van der Waals surface area contributed by atoms with Gasteiger partial charge < -0.3 is 5.32 Å². The van der Waals surface area contributed by atoms with E-state index in [2.05, 4.69) is 5.32 Å². The van der Waals surface area contributed by atoms with E-state index in [0.717, 1.165) is 25.7 Å². The minimum atomic E-state index is -3.94. The lowest BCUT2D eigenvalue weighted by Gasteiger charge is -2.26. The van der Waals surface area contributed by atoms with Crippen LogP contribution < -0.4 is 10.5 Å². The lowest BCUT2D eigenvalue weighted by atomic mass is 9.90. The fourth-order valence-corrected chi connectivity index (χ4v) is 4.54. The zero-order chi connectivity index (χ0) is 20.5. The zero-order valence-electron chi connectivity index (χ0n) is 16.0. The maximum Gasteiger partial charge on any atom is 0.252 e. The molecule has 1 aliphatic rings. The summed E-state index contributed by atoms with van der Waals surface area (Å²) < 4.78 is 38.0. The Balaban J connectivity index is 1.99. The standard InChI is InChI=1S/C21H25FN2O3S/c1-13-11-16(28(23,26)27)12-18(14(13)2)21(25)24-20(15-7-3-4-8-15)17-9-5-6-10-19(17)22/h5-6,9-12,15,20H,3-4,7-8H2,1-2H3,(H,24,25)(H2,23,26,27). The summed E-state index contributed by atoms with van der Waals surface area (Å²) in [5.74, 6) is -0.638. The number of halogens is 1. The summed E-state index contributed by atoms with van der Waals surface area (Å²) in [4.78, 5) is 13.0. The van der Waals surface area contributed by atoms with Crippen molar-refractivity contribution in [2.45, 2.75) is 50.5 Å². The second-order valence-electron chi connectivity index (χ2n) is 7.47. The lowest BCUT2D eigenvalue weighted by Crippen LogP contribution is -2.34. The Morgan fingerprint density at radius 3 is 2.43 bits per heavy atom. The summed E-state index contributed by atoms with van der Waals surface area (Å²) in [7, 11) is -3.94. The lowest BCUT2D eigenvalue weighted by molar-refractivity contribution is 0.0920. The molecule has 0 bridgehead atoms. The van der Waals surface area contributed by atoms with E-state index < -0.39 is 22.0 Å². The van der Waals surface area contributed by atoms with Gasteiger partial charge >= 0.3 is 0 Å². The van der Waals surface area contributed by atoms with Crippen LogP contribution >= 0.6 is 0 Å². The molecule has 5 nitrogen and oxygen atoms in total. The van der Waals surface area contributed by atoms with Gasteiger partial charge in [-0.3, -0.25) is 4.79 Å². The number of carbonyl (C=O) groups excluding carboxylic acids is 1. The molecule has 0 saturated heterocycles. The highest BCUT2D eigenvalue weighted by Crippen LogP contribution is 2.37. The Morgan fingerprint density at radius 1 is 1.18 bits per heavy atom. The summed E-state index contributed by atoms with van der Waals surface area (Å²) >= 11 is 0. The van der Waals surface area contributed by atoms with Crippen molar-refractivity contribution >= 4 is 15.9 Å². The van der Waals surface area contributed by atoms with Gasteiger partial charge in [0.2, 0.25) is 10.0 Å². The molecule has 2 aromatic carbocycles. The summed E-state index contributed by atoms with van der Waals surface area (Å²) in [5, 5.41) is 8.21. The number of aryl methyl sites for hydroxylation is 1. The number of sulfonamides is 1. The van der Waals surface area contributed by atoms with Crippen molar-refractivity contribution in [1.82, 2.24) is 5.32 Å². The molecule has 0 radical (unpaired) electrons. The van der Waals surface area contributed by atoms with Crippen LogP contribution in [0, 0.1) is 25.6 Å². The van der Waals surface area contributed by atoms with E-state index in [0.29, 0.717) is 16.7 Å². The van der Waals surface area contributed by atoms with E-state index in [-0.39, 0.29) is 22.2 Å². The predicted octanol–water partition coefficient (Wildman–Crippen LogP) is 3.75. The van der Waals surface area contributed by atoms with Crippen LogP contribution in [0.25, 0.3) is 0 Å². The van der Waals surface area contributed by atoms with E-state index >= 15 is 0 Å². The summed E-state index contributed by atoms with van der Waals surface area (Å²) in [5.41, 5.74) is 2.02. The van der Waals surface area contributed by atoms with Crippen molar-refractivity contribution in [3.8, 4) is 0 Å². The van der Waals surface area contributed by atoms with Crippen LogP contribution in [0.15, 0.2) is 41.3 Å². The maximum absolute atomic E-state index is 14.5. The minimum Gasteiger partial charge on any atom is -0.345 e. The number of carbonyl (C=O) groups is 1. The van der Waals surface area contributed by atoms with Crippen molar-refractivity contribution in [3.05, 3.63) is 64.5 Å². The van der Waals surface area contributed by atoms with Crippen molar-refractivity contribution in [3.63, 3.8) is 0 Å². The highest BCUT2D eigenvalue weighted by atomic mass is 32.2. The van der Waals surface area contributed by atoms with E-state index in [1.807, 2.05) is 0 Å². The molecule has 0 aromatic heterocycles. The monoisotopic (exact) mass is 404 g/mol. The number of amides is 1. The van der Waals surface area contributed by atoms with Gasteiger partial charge in [0, 0.05) is 11.1 Å². The molecule has 0 heterocycles. The SMILES string of the molecule is Cc1cc(S(N)(=O)=O)cc(C(=O)NC(c2ccccc2F)C2CCCC2)c1C. The first kappa shape index (κ1) is 20.5. The Hall–Kier alpha value is -2.25. The molecule has 3 N–H and O–H groups in total. The van der Waals surface area contributed by atoms with Crippen LogP contribution in [0.3, 0.4) is 0 Å². The van der Waals surface area contributed by atoms with Gasteiger partial charge in [0.25, 0.3) is 5.91 Å². The Kier molecular flexibility index (Phi) is 5.86. The first-order chi connectivity index (χ1) is 13.2. The molecule has 28 heavy (non-hydrogen) atoms. The largest absolute Gasteiger partial charge is 0.345 e. The molecular weight excluding hydrogens is 379 g/mol. The summed E-state index contributed by atoms with van der Waals surface area (Å²) in [6.45, 7) is 3.48. The maximum atomic E-state index is 14.5. The van der Waals surface area contributed by atoms with E-state index in [1.165, 1.54) is 18.2 Å². The van der Waals surface area contributed by atoms with Crippen molar-refractivity contribution in [1.29, 1.82) is 0 Å². The first-order valence-corrected chi connectivity index (χ1v) is 10.9. The van der Waals surface area contributed by atoms with Gasteiger partial charge in [0.15, 0.2) is 0 Å². The Bertz CT molecular complexity index is 999. The molecule has 1 unspecified atom stereocenters. The van der Waals surface area contributed by atoms with Crippen LogP contribution in [-0.4, -0.2) is 14.3 Å². The van der Waals surface area contributed by atoms with Gasteiger partial charge in [-0.15, -0.1) is 0 Å². The topological polar surface area (TPSA) is 89.3 Å². The van der Waals surface area contributed by atoms with E-state index in [9.17, 15) is 17.6 Å². The molecule has 0 spiro atoms. The molecule has 7 heteroatoms. The van der Waals surface area contributed by atoms with Crippen LogP contribution in [-0.2, 0) is 10.0 Å². The second kappa shape index (κ2) is 8.01. The van der Waals surface area contributed by atoms with Crippen molar-refractivity contribution in [2.75, 3.05) is 0 Å². The normalized spacial score (nSPS) is 16.1. The van der Waals surface area contributed by atoms with Crippen molar-refractivity contribution in [2.24, 2.45) is 11.1 Å². The molecule has 1 saturated carbocycles. The second-order valence-corrected chi connectivity index (χ2v) is 9.04. The predicted molar refractivity (Wildman–Crippen MR) is 106 cm³/mol. The molecule has 0 aliphatic heterocycles. The highest BCUT2D eigenvalue weighted by molar-refractivity contribution is 7.89. The molecule has 1 fully saturated rings. The minimum absolute atomic E-state index is 0.107. The first-order valence-electron chi connectivity index (χ1n) is 9.38. The third-order valence-electron chi connectivity index (χ3n) is 5.61. The molecule has 3 rings (SSSR count). The Labute approximate surface area is 165 Å². The average Bonchev–Trinajstić information content (AvgIpc) is 3.16.